The molecule has 0 radical (unpaired) electrons. The number of carbonyl (C=O) groups is 1. The first-order valence-electron chi connectivity index (χ1n) is 8.42. The monoisotopic (exact) mass is 360 g/mol. The number of carbonyl (C=O) groups excluding carboxylic acids is 1. The second kappa shape index (κ2) is 9.34. The van der Waals surface area contributed by atoms with Gasteiger partial charge in [-0.15, -0.1) is 0 Å². The molecule has 0 aliphatic heterocycles. The van der Waals surface area contributed by atoms with Crippen LogP contribution in [0.25, 0.3) is 0 Å². The predicted molar refractivity (Wildman–Crippen MR) is 98.6 cm³/mol. The molecule has 0 spiro atoms. The van der Waals surface area contributed by atoms with E-state index in [4.69, 9.17) is 0 Å². The number of nitrogens with one attached hydrogen (secondary N) is 2. The Morgan fingerprint density at radius 3 is 2.20 bits per heavy atom. The average Bonchev–Trinajstić information content (AvgIpc) is 2.63. The number of sulfonamides is 1. The van der Waals surface area contributed by atoms with Gasteiger partial charge in [0.25, 0.3) is 0 Å². The van der Waals surface area contributed by atoms with Crippen molar-refractivity contribution in [3.8, 4) is 0 Å². The van der Waals surface area contributed by atoms with Crippen LogP contribution in [0.5, 0.6) is 0 Å². The molecule has 2 rings (SSSR count). The van der Waals surface area contributed by atoms with E-state index in [1.54, 1.807) is 18.2 Å². The minimum Gasteiger partial charge on any atom is -0.355 e. The molecule has 2 aromatic carbocycles. The van der Waals surface area contributed by atoms with Crippen LogP contribution in [0.3, 0.4) is 0 Å². The molecular formula is C19H24N2O3S. The lowest BCUT2D eigenvalue weighted by molar-refractivity contribution is -0.122. The lowest BCUT2D eigenvalue weighted by Gasteiger charge is -2.19. The van der Waals surface area contributed by atoms with Gasteiger partial charge in [-0.3, -0.25) is 4.79 Å². The standard InChI is InChI=1S/C19H24N2O3S/c1-2-3-14-20-19(22)18(15-16-10-6-4-7-11-16)21-25(23,24)17-12-8-5-9-13-17/h4-13,18,21H,2-3,14-15H2,1H3,(H,20,22)/t18-/m1/s1. The van der Waals surface area contributed by atoms with Gasteiger partial charge in [0, 0.05) is 6.54 Å². The summed E-state index contributed by atoms with van der Waals surface area (Å²) in [5, 5.41) is 2.81. The number of hydrogen-bond acceptors (Lipinski definition) is 3. The molecule has 2 N–H and O–H groups in total. The highest BCUT2D eigenvalue weighted by Crippen LogP contribution is 2.11. The maximum Gasteiger partial charge on any atom is 0.241 e. The topological polar surface area (TPSA) is 75.3 Å². The fourth-order valence-electron chi connectivity index (χ4n) is 2.40. The van der Waals surface area contributed by atoms with Gasteiger partial charge in [-0.05, 0) is 30.5 Å². The maximum absolute atomic E-state index is 12.6. The molecule has 5 nitrogen and oxygen atoms in total. The lowest BCUT2D eigenvalue weighted by Crippen LogP contribution is -2.48. The summed E-state index contributed by atoms with van der Waals surface area (Å²) in [7, 11) is -3.77. The first kappa shape index (κ1) is 19.1. The zero-order chi connectivity index (χ0) is 18.1. The van der Waals surface area contributed by atoms with Gasteiger partial charge in [0.2, 0.25) is 15.9 Å². The Hall–Kier alpha value is -2.18. The Bertz CT molecular complexity index is 762. The van der Waals surface area contributed by atoms with Crippen LogP contribution in [0.4, 0.5) is 0 Å². The van der Waals surface area contributed by atoms with Gasteiger partial charge in [-0.25, -0.2) is 8.42 Å². The maximum atomic E-state index is 12.6. The van der Waals surface area contributed by atoms with Crippen molar-refractivity contribution in [3.63, 3.8) is 0 Å². The molecule has 0 bridgehead atoms. The van der Waals surface area contributed by atoms with Gasteiger partial charge in [-0.1, -0.05) is 61.9 Å². The molecule has 0 aliphatic carbocycles. The summed E-state index contributed by atoms with van der Waals surface area (Å²) in [4.78, 5) is 12.6. The van der Waals surface area contributed by atoms with Gasteiger partial charge in [0.05, 0.1) is 4.90 Å². The van der Waals surface area contributed by atoms with Gasteiger partial charge in [0.1, 0.15) is 6.04 Å². The van der Waals surface area contributed by atoms with Crippen LogP contribution in [0.2, 0.25) is 0 Å². The molecule has 0 aromatic heterocycles. The summed E-state index contributed by atoms with van der Waals surface area (Å²) in [5.74, 6) is -0.309. The molecule has 1 atom stereocenters. The van der Waals surface area contributed by atoms with Crippen molar-refractivity contribution in [3.05, 3.63) is 66.2 Å². The third-order valence-electron chi connectivity index (χ3n) is 3.78. The van der Waals surface area contributed by atoms with Gasteiger partial charge in [-0.2, -0.15) is 4.72 Å². The Morgan fingerprint density at radius 1 is 1.00 bits per heavy atom. The number of benzene rings is 2. The molecule has 2 aromatic rings. The minimum atomic E-state index is -3.77. The zero-order valence-electron chi connectivity index (χ0n) is 14.3. The normalized spacial score (nSPS) is 12.5. The number of rotatable bonds is 9. The summed E-state index contributed by atoms with van der Waals surface area (Å²) in [6, 6.07) is 16.6. The average molecular weight is 360 g/mol. The van der Waals surface area contributed by atoms with Crippen LogP contribution in [-0.4, -0.2) is 26.9 Å². The van der Waals surface area contributed by atoms with Crippen LogP contribution in [0.1, 0.15) is 25.3 Å². The van der Waals surface area contributed by atoms with E-state index in [0.29, 0.717) is 13.0 Å². The van der Waals surface area contributed by atoms with Crippen molar-refractivity contribution < 1.29 is 13.2 Å². The third-order valence-corrected chi connectivity index (χ3v) is 5.27. The van der Waals surface area contributed by atoms with Crippen molar-refractivity contribution in [2.75, 3.05) is 6.54 Å². The van der Waals surface area contributed by atoms with E-state index in [9.17, 15) is 13.2 Å². The highest BCUT2D eigenvalue weighted by Gasteiger charge is 2.25. The Kier molecular flexibility index (Phi) is 7.16. The molecule has 0 fully saturated rings. The van der Waals surface area contributed by atoms with E-state index in [0.717, 1.165) is 18.4 Å². The summed E-state index contributed by atoms with van der Waals surface area (Å²) >= 11 is 0. The largest absolute Gasteiger partial charge is 0.355 e. The number of hydrogen-bond donors (Lipinski definition) is 2. The molecule has 0 heterocycles. The molecule has 0 unspecified atom stereocenters. The highest BCUT2D eigenvalue weighted by molar-refractivity contribution is 7.89. The summed E-state index contributed by atoms with van der Waals surface area (Å²) in [5.41, 5.74) is 0.897. The van der Waals surface area contributed by atoms with E-state index >= 15 is 0 Å². The summed E-state index contributed by atoms with van der Waals surface area (Å²) in [6.07, 6.45) is 2.11. The highest BCUT2D eigenvalue weighted by atomic mass is 32.2. The van der Waals surface area contributed by atoms with E-state index in [1.165, 1.54) is 12.1 Å². The lowest BCUT2D eigenvalue weighted by atomic mass is 10.1. The zero-order valence-corrected chi connectivity index (χ0v) is 15.1. The molecular weight excluding hydrogens is 336 g/mol. The molecule has 0 saturated heterocycles. The molecule has 1 amide bonds. The molecule has 6 heteroatoms. The second-order valence-electron chi connectivity index (χ2n) is 5.82. The SMILES string of the molecule is CCCCNC(=O)[C@@H](Cc1ccccc1)NS(=O)(=O)c1ccccc1. The van der Waals surface area contributed by atoms with Crippen molar-refractivity contribution in [1.82, 2.24) is 10.0 Å². The minimum absolute atomic E-state index is 0.148. The summed E-state index contributed by atoms with van der Waals surface area (Å²) < 4.78 is 27.7. The van der Waals surface area contributed by atoms with Gasteiger partial charge in [0.15, 0.2) is 0 Å². The Morgan fingerprint density at radius 2 is 1.60 bits per heavy atom. The van der Waals surface area contributed by atoms with E-state index in [-0.39, 0.29) is 10.8 Å². The fourth-order valence-corrected chi connectivity index (χ4v) is 3.62. The van der Waals surface area contributed by atoms with Crippen molar-refractivity contribution in [2.45, 2.75) is 37.1 Å². The van der Waals surface area contributed by atoms with Crippen molar-refractivity contribution in [2.24, 2.45) is 0 Å². The fraction of sp³-hybridized carbons (Fsp3) is 0.316. The smallest absolute Gasteiger partial charge is 0.241 e. The van der Waals surface area contributed by atoms with E-state index < -0.39 is 16.1 Å². The van der Waals surface area contributed by atoms with Gasteiger partial charge >= 0.3 is 0 Å². The van der Waals surface area contributed by atoms with Crippen LogP contribution >= 0.6 is 0 Å². The first-order valence-corrected chi connectivity index (χ1v) is 9.90. The molecule has 0 saturated carbocycles. The van der Waals surface area contributed by atoms with Crippen LogP contribution < -0.4 is 10.0 Å². The van der Waals surface area contributed by atoms with Crippen LogP contribution in [0.15, 0.2) is 65.6 Å². The van der Waals surface area contributed by atoms with Crippen molar-refractivity contribution in [1.29, 1.82) is 0 Å². The predicted octanol–water partition coefficient (Wildman–Crippen LogP) is 2.49. The number of unbranched alkanes of at least 4 members (excludes halogenated alkanes) is 1. The van der Waals surface area contributed by atoms with Crippen molar-refractivity contribution >= 4 is 15.9 Å². The third kappa shape index (κ3) is 5.99. The number of amides is 1. The van der Waals surface area contributed by atoms with Crippen LogP contribution in [-0.2, 0) is 21.2 Å². The first-order chi connectivity index (χ1) is 12.0. The quantitative estimate of drug-likeness (QED) is 0.675. The second-order valence-corrected chi connectivity index (χ2v) is 7.54. The molecule has 25 heavy (non-hydrogen) atoms. The van der Waals surface area contributed by atoms with E-state index in [1.807, 2.05) is 37.3 Å². The Balaban J connectivity index is 2.17. The van der Waals surface area contributed by atoms with E-state index in [2.05, 4.69) is 10.0 Å². The molecule has 134 valence electrons. The van der Waals surface area contributed by atoms with Crippen LogP contribution in [0, 0.1) is 0 Å². The Labute approximate surface area is 149 Å². The summed E-state index contributed by atoms with van der Waals surface area (Å²) in [6.45, 7) is 2.57. The molecule has 0 aliphatic rings. The van der Waals surface area contributed by atoms with Gasteiger partial charge < -0.3 is 5.32 Å².